The van der Waals surface area contributed by atoms with Crippen molar-refractivity contribution in [2.75, 3.05) is 20.3 Å². The standard InChI is InChI=1S/C26H25NO5/c1-5-13-32-19-12-11-16(14-20(19)30-4)22-21(26(29)31-6-2)15(3)27-24-17-9-7-8-10-18(17)25(28)23(22)24/h5,7-12,14,22,27H,1,6,13H2,2-4H3/t22-/m1/s1. The number of rotatable bonds is 7. The second kappa shape index (κ2) is 8.75. The van der Waals surface area contributed by atoms with Crippen LogP contribution in [0.5, 0.6) is 11.5 Å². The quantitative estimate of drug-likeness (QED) is 0.518. The Bertz CT molecular complexity index is 1170. The highest BCUT2D eigenvalue weighted by Crippen LogP contribution is 2.47. The Labute approximate surface area is 187 Å². The van der Waals surface area contributed by atoms with E-state index in [-0.39, 0.29) is 12.4 Å². The summed E-state index contributed by atoms with van der Waals surface area (Å²) in [7, 11) is 1.55. The maximum absolute atomic E-state index is 13.5. The van der Waals surface area contributed by atoms with Crippen LogP contribution in [0.1, 0.15) is 41.3 Å². The van der Waals surface area contributed by atoms with Crippen molar-refractivity contribution >= 4 is 17.4 Å². The molecule has 0 unspecified atom stereocenters. The largest absolute Gasteiger partial charge is 0.493 e. The number of nitrogens with one attached hydrogen (secondary N) is 1. The topological polar surface area (TPSA) is 73.9 Å². The number of dihydropyridines is 1. The van der Waals surface area contributed by atoms with E-state index in [1.165, 1.54) is 0 Å². The van der Waals surface area contributed by atoms with Gasteiger partial charge >= 0.3 is 5.97 Å². The second-order valence-electron chi connectivity index (χ2n) is 7.49. The lowest BCUT2D eigenvalue weighted by molar-refractivity contribution is -0.138. The molecule has 1 N–H and O–H groups in total. The molecule has 6 heteroatoms. The van der Waals surface area contributed by atoms with Crippen LogP contribution in [-0.4, -0.2) is 32.1 Å². The van der Waals surface area contributed by atoms with Crippen LogP contribution in [0.4, 0.5) is 0 Å². The molecule has 0 saturated heterocycles. The van der Waals surface area contributed by atoms with Crippen LogP contribution in [0.2, 0.25) is 0 Å². The number of hydrogen-bond acceptors (Lipinski definition) is 6. The summed E-state index contributed by atoms with van der Waals surface area (Å²) >= 11 is 0. The van der Waals surface area contributed by atoms with Crippen molar-refractivity contribution in [3.63, 3.8) is 0 Å². The number of carbonyl (C=O) groups is 2. The number of fused-ring (bicyclic) bond motifs is 2. The Hall–Kier alpha value is -3.80. The molecule has 1 aliphatic carbocycles. The zero-order chi connectivity index (χ0) is 22.8. The number of benzene rings is 2. The van der Waals surface area contributed by atoms with Crippen molar-refractivity contribution in [1.82, 2.24) is 5.32 Å². The van der Waals surface area contributed by atoms with Crippen LogP contribution < -0.4 is 14.8 Å². The smallest absolute Gasteiger partial charge is 0.336 e. The monoisotopic (exact) mass is 431 g/mol. The van der Waals surface area contributed by atoms with E-state index in [1.807, 2.05) is 37.3 Å². The molecule has 164 valence electrons. The number of Topliss-reactive ketones (excluding diaryl/α,β-unsaturated/α-hetero) is 1. The Balaban J connectivity index is 1.89. The maximum atomic E-state index is 13.5. The number of allylic oxidation sites excluding steroid dienone is 2. The van der Waals surface area contributed by atoms with Crippen molar-refractivity contribution in [3.8, 4) is 11.5 Å². The summed E-state index contributed by atoms with van der Waals surface area (Å²) in [6.45, 7) is 7.82. The predicted octanol–water partition coefficient (Wildman–Crippen LogP) is 4.39. The van der Waals surface area contributed by atoms with Gasteiger partial charge in [0, 0.05) is 28.3 Å². The van der Waals surface area contributed by atoms with Gasteiger partial charge in [0.25, 0.3) is 0 Å². The first-order valence-electron chi connectivity index (χ1n) is 10.5. The molecular weight excluding hydrogens is 406 g/mol. The first-order valence-corrected chi connectivity index (χ1v) is 10.5. The average molecular weight is 431 g/mol. The summed E-state index contributed by atoms with van der Waals surface area (Å²) in [5, 5.41) is 3.29. The van der Waals surface area contributed by atoms with Crippen molar-refractivity contribution in [2.45, 2.75) is 19.8 Å². The SMILES string of the molecule is C=CCOc1ccc([C@@H]2C(C(=O)OCC)=C(C)NC3=C2C(=O)c2ccccc23)cc1OC. The molecule has 2 aromatic rings. The summed E-state index contributed by atoms with van der Waals surface area (Å²) in [6, 6.07) is 12.9. The normalized spacial score (nSPS) is 16.8. The number of carbonyl (C=O) groups excluding carboxylic acids is 2. The van der Waals surface area contributed by atoms with Crippen LogP contribution in [0.25, 0.3) is 5.70 Å². The van der Waals surface area contributed by atoms with Gasteiger partial charge in [-0.25, -0.2) is 4.79 Å². The summed E-state index contributed by atoms with van der Waals surface area (Å²) in [6.07, 6.45) is 1.65. The number of methoxy groups -OCH3 is 1. The van der Waals surface area contributed by atoms with E-state index in [2.05, 4.69) is 11.9 Å². The number of ketones is 1. The van der Waals surface area contributed by atoms with E-state index in [1.54, 1.807) is 32.2 Å². The van der Waals surface area contributed by atoms with Crippen LogP contribution in [0, 0.1) is 0 Å². The van der Waals surface area contributed by atoms with E-state index in [4.69, 9.17) is 14.2 Å². The molecule has 2 aromatic carbocycles. The Morgan fingerprint density at radius 1 is 1.16 bits per heavy atom. The fourth-order valence-corrected chi connectivity index (χ4v) is 4.27. The van der Waals surface area contributed by atoms with Crippen molar-refractivity contribution < 1.29 is 23.8 Å². The predicted molar refractivity (Wildman–Crippen MR) is 122 cm³/mol. The first-order chi connectivity index (χ1) is 15.5. The molecule has 4 rings (SSSR count). The zero-order valence-electron chi connectivity index (χ0n) is 18.4. The molecule has 0 fully saturated rings. The third-order valence-electron chi connectivity index (χ3n) is 5.62. The van der Waals surface area contributed by atoms with E-state index in [0.29, 0.717) is 40.5 Å². The highest BCUT2D eigenvalue weighted by Gasteiger charge is 2.43. The minimum Gasteiger partial charge on any atom is -0.493 e. The molecule has 0 aromatic heterocycles. The van der Waals surface area contributed by atoms with Gasteiger partial charge in [-0.1, -0.05) is 43.0 Å². The molecule has 1 aliphatic heterocycles. The summed E-state index contributed by atoms with van der Waals surface area (Å²) in [5.74, 6) is -0.0998. The van der Waals surface area contributed by atoms with Crippen LogP contribution in [0.3, 0.4) is 0 Å². The number of ether oxygens (including phenoxy) is 3. The van der Waals surface area contributed by atoms with Gasteiger partial charge in [0.05, 0.1) is 25.0 Å². The maximum Gasteiger partial charge on any atom is 0.336 e. The minimum absolute atomic E-state index is 0.103. The summed E-state index contributed by atoms with van der Waals surface area (Å²) in [5.41, 5.74) is 4.51. The molecule has 1 atom stereocenters. The average Bonchev–Trinajstić information content (AvgIpc) is 3.08. The molecule has 0 saturated carbocycles. The van der Waals surface area contributed by atoms with E-state index < -0.39 is 11.9 Å². The van der Waals surface area contributed by atoms with Gasteiger partial charge < -0.3 is 19.5 Å². The van der Waals surface area contributed by atoms with Gasteiger partial charge in [0.15, 0.2) is 17.3 Å². The molecule has 32 heavy (non-hydrogen) atoms. The van der Waals surface area contributed by atoms with Gasteiger partial charge in [-0.15, -0.1) is 0 Å². The van der Waals surface area contributed by atoms with Crippen molar-refractivity contribution in [2.24, 2.45) is 0 Å². The molecular formula is C26H25NO5. The fraction of sp³-hybridized carbons (Fsp3) is 0.231. The third-order valence-corrected chi connectivity index (χ3v) is 5.62. The molecule has 0 amide bonds. The second-order valence-corrected chi connectivity index (χ2v) is 7.49. The highest BCUT2D eigenvalue weighted by molar-refractivity contribution is 6.23. The molecule has 0 radical (unpaired) electrons. The molecule has 0 bridgehead atoms. The zero-order valence-corrected chi connectivity index (χ0v) is 18.4. The van der Waals surface area contributed by atoms with Crippen molar-refractivity contribution in [3.05, 3.63) is 88.7 Å². The highest BCUT2D eigenvalue weighted by atomic mass is 16.5. The lowest BCUT2D eigenvalue weighted by atomic mass is 9.79. The van der Waals surface area contributed by atoms with Gasteiger partial charge in [0.1, 0.15) is 6.61 Å². The Morgan fingerprint density at radius 2 is 1.91 bits per heavy atom. The van der Waals surface area contributed by atoms with Gasteiger partial charge in [0.2, 0.25) is 0 Å². The first kappa shape index (κ1) is 21.4. The van der Waals surface area contributed by atoms with Gasteiger partial charge in [-0.05, 0) is 31.5 Å². The molecule has 0 spiro atoms. The fourth-order valence-electron chi connectivity index (χ4n) is 4.27. The van der Waals surface area contributed by atoms with Crippen LogP contribution >= 0.6 is 0 Å². The minimum atomic E-state index is -0.604. The lowest BCUT2D eigenvalue weighted by Crippen LogP contribution is -2.29. The van der Waals surface area contributed by atoms with E-state index in [0.717, 1.165) is 16.8 Å². The summed E-state index contributed by atoms with van der Waals surface area (Å²) in [4.78, 5) is 26.5. The van der Waals surface area contributed by atoms with Crippen molar-refractivity contribution in [1.29, 1.82) is 0 Å². The molecule has 2 aliphatic rings. The van der Waals surface area contributed by atoms with E-state index in [9.17, 15) is 9.59 Å². The molecule has 1 heterocycles. The molecule has 6 nitrogen and oxygen atoms in total. The Morgan fingerprint density at radius 3 is 2.59 bits per heavy atom. The third kappa shape index (κ3) is 3.47. The van der Waals surface area contributed by atoms with Gasteiger partial charge in [-0.2, -0.15) is 0 Å². The van der Waals surface area contributed by atoms with Crippen LogP contribution in [-0.2, 0) is 9.53 Å². The van der Waals surface area contributed by atoms with E-state index >= 15 is 0 Å². The number of hydrogen-bond donors (Lipinski definition) is 1. The lowest BCUT2D eigenvalue weighted by Gasteiger charge is -2.29. The number of esters is 1. The summed E-state index contributed by atoms with van der Waals surface area (Å²) < 4.78 is 16.6. The van der Waals surface area contributed by atoms with Gasteiger partial charge in [-0.3, -0.25) is 4.79 Å². The van der Waals surface area contributed by atoms with Crippen LogP contribution in [0.15, 0.2) is 72.0 Å². The Kier molecular flexibility index (Phi) is 5.86.